The smallest absolute Gasteiger partial charge is 0.434 e. The summed E-state index contributed by atoms with van der Waals surface area (Å²) in [5.74, 6) is -0.603. The molecule has 0 saturated carbocycles. The second-order valence-corrected chi connectivity index (χ2v) is 3.26. The molecule has 15 heavy (non-hydrogen) atoms. The van der Waals surface area contributed by atoms with Crippen molar-refractivity contribution in [2.45, 2.75) is 33.6 Å². The maximum atomic E-state index is 11.6. The van der Waals surface area contributed by atoms with Gasteiger partial charge in [0.25, 0.3) is 0 Å². The van der Waals surface area contributed by atoms with Crippen molar-refractivity contribution < 1.29 is 19.1 Å². The quantitative estimate of drug-likeness (QED) is 0.557. The van der Waals surface area contributed by atoms with Crippen LogP contribution in [0.25, 0.3) is 0 Å². The summed E-state index contributed by atoms with van der Waals surface area (Å²) in [6, 6.07) is 0. The lowest BCUT2D eigenvalue weighted by atomic mass is 9.82. The zero-order valence-corrected chi connectivity index (χ0v) is 9.54. The molecule has 0 amide bonds. The SMILES string of the molecule is CCOC(=O)OC(=O)C(CC)(CC)CN. The van der Waals surface area contributed by atoms with Crippen LogP contribution in [0, 0.1) is 5.41 Å². The number of rotatable bonds is 5. The minimum atomic E-state index is -0.956. The molecule has 0 aromatic heterocycles. The first-order valence-electron chi connectivity index (χ1n) is 5.15. The Morgan fingerprint density at radius 2 is 1.73 bits per heavy atom. The highest BCUT2D eigenvalue weighted by Crippen LogP contribution is 2.26. The van der Waals surface area contributed by atoms with Crippen LogP contribution in [0.1, 0.15) is 33.6 Å². The maximum Gasteiger partial charge on any atom is 0.516 e. The van der Waals surface area contributed by atoms with E-state index in [4.69, 9.17) is 5.73 Å². The maximum absolute atomic E-state index is 11.6. The van der Waals surface area contributed by atoms with Gasteiger partial charge in [-0.05, 0) is 19.8 Å². The van der Waals surface area contributed by atoms with E-state index < -0.39 is 17.5 Å². The van der Waals surface area contributed by atoms with E-state index in [9.17, 15) is 9.59 Å². The molecule has 0 spiro atoms. The molecule has 0 aromatic rings. The van der Waals surface area contributed by atoms with Crippen molar-refractivity contribution in [2.75, 3.05) is 13.2 Å². The lowest BCUT2D eigenvalue weighted by Gasteiger charge is -2.26. The Balaban J connectivity index is 4.45. The number of ether oxygens (including phenoxy) is 2. The van der Waals surface area contributed by atoms with Crippen LogP contribution >= 0.6 is 0 Å². The van der Waals surface area contributed by atoms with Crippen molar-refractivity contribution in [3.8, 4) is 0 Å². The van der Waals surface area contributed by atoms with E-state index in [1.165, 1.54) is 0 Å². The van der Waals surface area contributed by atoms with Gasteiger partial charge in [-0.15, -0.1) is 0 Å². The van der Waals surface area contributed by atoms with Crippen LogP contribution in [0.5, 0.6) is 0 Å². The zero-order valence-electron chi connectivity index (χ0n) is 9.54. The van der Waals surface area contributed by atoms with Gasteiger partial charge in [0.2, 0.25) is 0 Å². The lowest BCUT2D eigenvalue weighted by Crippen LogP contribution is -2.40. The first-order chi connectivity index (χ1) is 7.06. The van der Waals surface area contributed by atoms with Crippen LogP contribution < -0.4 is 5.73 Å². The minimum absolute atomic E-state index is 0.165. The van der Waals surface area contributed by atoms with Crippen molar-refractivity contribution >= 4 is 12.1 Å². The first-order valence-corrected chi connectivity index (χ1v) is 5.15. The van der Waals surface area contributed by atoms with Crippen molar-refractivity contribution in [2.24, 2.45) is 11.1 Å². The van der Waals surface area contributed by atoms with Gasteiger partial charge in [0.05, 0.1) is 12.0 Å². The van der Waals surface area contributed by atoms with Crippen LogP contribution in [-0.4, -0.2) is 25.3 Å². The third kappa shape index (κ3) is 3.51. The average molecular weight is 217 g/mol. The molecule has 2 N–H and O–H groups in total. The molecule has 0 aliphatic carbocycles. The summed E-state index contributed by atoms with van der Waals surface area (Å²) in [7, 11) is 0. The van der Waals surface area contributed by atoms with E-state index in [0.29, 0.717) is 12.8 Å². The Labute approximate surface area is 89.9 Å². The van der Waals surface area contributed by atoms with Gasteiger partial charge < -0.3 is 15.2 Å². The number of hydrogen-bond donors (Lipinski definition) is 1. The van der Waals surface area contributed by atoms with E-state index >= 15 is 0 Å². The topological polar surface area (TPSA) is 78.6 Å². The molecule has 0 radical (unpaired) electrons. The van der Waals surface area contributed by atoms with Gasteiger partial charge in [0, 0.05) is 6.54 Å². The third-order valence-corrected chi connectivity index (χ3v) is 2.62. The molecule has 5 nitrogen and oxygen atoms in total. The summed E-state index contributed by atoms with van der Waals surface area (Å²) in [4.78, 5) is 22.6. The van der Waals surface area contributed by atoms with Crippen molar-refractivity contribution in [1.29, 1.82) is 0 Å². The molecule has 88 valence electrons. The highest BCUT2D eigenvalue weighted by molar-refractivity contribution is 5.86. The average Bonchev–Trinajstić information content (AvgIpc) is 2.21. The van der Waals surface area contributed by atoms with E-state index in [2.05, 4.69) is 9.47 Å². The molecule has 0 bridgehead atoms. The molecule has 0 heterocycles. The molecule has 0 aliphatic heterocycles. The van der Waals surface area contributed by atoms with Crippen molar-refractivity contribution in [3.05, 3.63) is 0 Å². The van der Waals surface area contributed by atoms with Gasteiger partial charge >= 0.3 is 12.1 Å². The molecule has 0 aliphatic rings. The molecule has 0 unspecified atom stereocenters. The van der Waals surface area contributed by atoms with Gasteiger partial charge in [-0.25, -0.2) is 4.79 Å². The van der Waals surface area contributed by atoms with Crippen LogP contribution in [0.15, 0.2) is 0 Å². The fraction of sp³-hybridized carbons (Fsp3) is 0.800. The van der Waals surface area contributed by atoms with E-state index in [0.717, 1.165) is 0 Å². The first kappa shape index (κ1) is 13.9. The number of hydrogen-bond acceptors (Lipinski definition) is 5. The highest BCUT2D eigenvalue weighted by atomic mass is 16.7. The molecule has 0 fully saturated rings. The Hall–Kier alpha value is -1.10. The third-order valence-electron chi connectivity index (χ3n) is 2.62. The van der Waals surface area contributed by atoms with Gasteiger partial charge in [-0.3, -0.25) is 4.79 Å². The summed E-state index contributed by atoms with van der Waals surface area (Å²) in [5, 5.41) is 0. The Morgan fingerprint density at radius 3 is 2.07 bits per heavy atom. The van der Waals surface area contributed by atoms with Crippen LogP contribution in [0.3, 0.4) is 0 Å². The van der Waals surface area contributed by atoms with Crippen LogP contribution in [0.4, 0.5) is 4.79 Å². The summed E-state index contributed by atoms with van der Waals surface area (Å²) < 4.78 is 9.07. The van der Waals surface area contributed by atoms with Gasteiger partial charge in [-0.2, -0.15) is 0 Å². The van der Waals surface area contributed by atoms with Crippen LogP contribution in [0.2, 0.25) is 0 Å². The molecule has 5 heteroatoms. The number of esters is 1. The molecule has 0 rings (SSSR count). The van der Waals surface area contributed by atoms with Gasteiger partial charge in [0.15, 0.2) is 0 Å². The van der Waals surface area contributed by atoms with Crippen LogP contribution in [-0.2, 0) is 14.3 Å². The fourth-order valence-corrected chi connectivity index (χ4v) is 1.24. The highest BCUT2D eigenvalue weighted by Gasteiger charge is 2.36. The Kier molecular flexibility index (Phi) is 5.93. The fourth-order valence-electron chi connectivity index (χ4n) is 1.24. The van der Waals surface area contributed by atoms with Gasteiger partial charge in [0.1, 0.15) is 0 Å². The number of carbonyl (C=O) groups is 2. The standard InChI is InChI=1S/C10H19NO4/c1-4-10(5-2,7-11)8(12)15-9(13)14-6-3/h4-7,11H2,1-3H3. The van der Waals surface area contributed by atoms with Crippen molar-refractivity contribution in [1.82, 2.24) is 0 Å². The largest absolute Gasteiger partial charge is 0.516 e. The molecular formula is C10H19NO4. The van der Waals surface area contributed by atoms with Crippen molar-refractivity contribution in [3.63, 3.8) is 0 Å². The van der Waals surface area contributed by atoms with Gasteiger partial charge in [-0.1, -0.05) is 13.8 Å². The zero-order chi connectivity index (χ0) is 11.9. The molecule has 0 aromatic carbocycles. The van der Waals surface area contributed by atoms with E-state index in [1.54, 1.807) is 6.92 Å². The number of nitrogens with two attached hydrogens (primary N) is 1. The Bertz CT molecular complexity index is 215. The number of carbonyl (C=O) groups excluding carboxylic acids is 2. The lowest BCUT2D eigenvalue weighted by molar-refractivity contribution is -0.151. The normalized spacial score (nSPS) is 10.9. The predicted molar refractivity (Wildman–Crippen MR) is 55.2 cm³/mol. The summed E-state index contributed by atoms with van der Waals surface area (Å²) in [6.07, 6.45) is 0.124. The molecule has 0 atom stereocenters. The van der Waals surface area contributed by atoms with E-state index in [1.807, 2.05) is 13.8 Å². The minimum Gasteiger partial charge on any atom is -0.434 e. The monoisotopic (exact) mass is 217 g/mol. The second-order valence-electron chi connectivity index (χ2n) is 3.26. The predicted octanol–water partition coefficient (Wildman–Crippen LogP) is 1.45. The summed E-state index contributed by atoms with van der Waals surface area (Å²) in [5.41, 5.74) is 4.76. The molecular weight excluding hydrogens is 198 g/mol. The summed E-state index contributed by atoms with van der Waals surface area (Å²) in [6.45, 7) is 5.66. The summed E-state index contributed by atoms with van der Waals surface area (Å²) >= 11 is 0. The Morgan fingerprint density at radius 1 is 1.20 bits per heavy atom. The van der Waals surface area contributed by atoms with E-state index in [-0.39, 0.29) is 13.2 Å². The molecule has 0 saturated heterocycles. The second kappa shape index (κ2) is 6.40.